The molecule has 3 unspecified atom stereocenters. The van der Waals surface area contributed by atoms with Gasteiger partial charge < -0.3 is 0 Å². The normalized spacial score (nSPS) is 27.9. The molecular weight excluding hydrogens is 240 g/mol. The lowest BCUT2D eigenvalue weighted by atomic mass is 9.65. The lowest BCUT2D eigenvalue weighted by Crippen LogP contribution is -2.29. The van der Waals surface area contributed by atoms with Gasteiger partial charge in [0.25, 0.3) is 0 Å². The minimum absolute atomic E-state index is 0.826. The van der Waals surface area contributed by atoms with E-state index in [0.717, 1.165) is 17.8 Å². The number of fused-ring (bicyclic) bond motifs is 4. The standard InChI is InChI=1S/C20H22/c1-2-6-15(7-3-1)10-16-11-17-12-18-8-4-5-9-20(18)19(13-16)14-17/h1-9,16-17,19H,10-14H2. The molecule has 0 radical (unpaired) electrons. The van der Waals surface area contributed by atoms with Gasteiger partial charge in [0.05, 0.1) is 0 Å². The second-order valence-corrected chi connectivity index (χ2v) is 6.73. The summed E-state index contributed by atoms with van der Waals surface area (Å²) in [6.45, 7) is 0. The molecule has 0 heterocycles. The van der Waals surface area contributed by atoms with E-state index < -0.39 is 0 Å². The maximum Gasteiger partial charge on any atom is -0.0154 e. The molecule has 0 nitrogen and oxygen atoms in total. The van der Waals surface area contributed by atoms with Crippen molar-refractivity contribution in [3.63, 3.8) is 0 Å². The highest BCUT2D eigenvalue weighted by Gasteiger charge is 2.34. The van der Waals surface area contributed by atoms with Gasteiger partial charge in [0, 0.05) is 0 Å². The Hall–Kier alpha value is -1.56. The van der Waals surface area contributed by atoms with Crippen molar-refractivity contribution >= 4 is 0 Å². The average molecular weight is 262 g/mol. The molecule has 3 atom stereocenters. The van der Waals surface area contributed by atoms with E-state index in [1.807, 2.05) is 0 Å². The Morgan fingerprint density at radius 3 is 2.50 bits per heavy atom. The van der Waals surface area contributed by atoms with Crippen molar-refractivity contribution in [3.8, 4) is 0 Å². The summed E-state index contributed by atoms with van der Waals surface area (Å²) in [6.07, 6.45) is 6.85. The molecule has 0 aliphatic heterocycles. The monoisotopic (exact) mass is 262 g/mol. The zero-order valence-electron chi connectivity index (χ0n) is 12.0. The van der Waals surface area contributed by atoms with Crippen LogP contribution < -0.4 is 0 Å². The van der Waals surface area contributed by atoms with Crippen LogP contribution in [0, 0.1) is 11.8 Å². The molecule has 1 saturated carbocycles. The van der Waals surface area contributed by atoms with E-state index in [0.29, 0.717) is 0 Å². The molecule has 102 valence electrons. The summed E-state index contributed by atoms with van der Waals surface area (Å²) in [5.41, 5.74) is 4.80. The summed E-state index contributed by atoms with van der Waals surface area (Å²) >= 11 is 0. The third kappa shape index (κ3) is 2.28. The summed E-state index contributed by atoms with van der Waals surface area (Å²) in [7, 11) is 0. The number of benzene rings is 2. The molecule has 2 aromatic rings. The smallest absolute Gasteiger partial charge is 0.0154 e. The fourth-order valence-corrected chi connectivity index (χ4v) is 4.53. The Labute approximate surface area is 121 Å². The molecule has 2 aromatic carbocycles. The Morgan fingerprint density at radius 2 is 1.60 bits per heavy atom. The molecule has 2 aliphatic carbocycles. The van der Waals surface area contributed by atoms with Crippen molar-refractivity contribution in [1.82, 2.24) is 0 Å². The molecule has 0 heteroatoms. The highest BCUT2D eigenvalue weighted by molar-refractivity contribution is 5.34. The van der Waals surface area contributed by atoms with Crippen molar-refractivity contribution in [2.24, 2.45) is 11.8 Å². The molecule has 0 spiro atoms. The first-order valence-corrected chi connectivity index (χ1v) is 8.00. The summed E-state index contributed by atoms with van der Waals surface area (Å²) in [4.78, 5) is 0. The average Bonchev–Trinajstić information content (AvgIpc) is 2.48. The van der Waals surface area contributed by atoms with Crippen LogP contribution in [-0.4, -0.2) is 0 Å². The zero-order valence-corrected chi connectivity index (χ0v) is 12.0. The van der Waals surface area contributed by atoms with Crippen LogP contribution in [0.3, 0.4) is 0 Å². The molecule has 1 fully saturated rings. The summed E-state index contributed by atoms with van der Waals surface area (Å²) < 4.78 is 0. The lowest BCUT2D eigenvalue weighted by molar-refractivity contribution is 0.220. The molecule has 2 aliphatic rings. The van der Waals surface area contributed by atoms with Crippen molar-refractivity contribution < 1.29 is 0 Å². The highest BCUT2D eigenvalue weighted by Crippen LogP contribution is 2.46. The molecule has 0 saturated heterocycles. The van der Waals surface area contributed by atoms with Crippen LogP contribution in [0.25, 0.3) is 0 Å². The van der Waals surface area contributed by atoms with Crippen LogP contribution in [0.15, 0.2) is 54.6 Å². The lowest BCUT2D eigenvalue weighted by Gasteiger charge is -2.40. The first-order valence-electron chi connectivity index (χ1n) is 8.00. The van der Waals surface area contributed by atoms with Crippen LogP contribution in [0.1, 0.15) is 41.9 Å². The summed E-state index contributed by atoms with van der Waals surface area (Å²) in [5, 5.41) is 0. The van der Waals surface area contributed by atoms with Gasteiger partial charge in [-0.25, -0.2) is 0 Å². The van der Waals surface area contributed by atoms with Crippen LogP contribution in [-0.2, 0) is 12.8 Å². The zero-order chi connectivity index (χ0) is 13.4. The van der Waals surface area contributed by atoms with Gasteiger partial charge in [-0.15, -0.1) is 0 Å². The Kier molecular flexibility index (Phi) is 3.10. The first-order chi connectivity index (χ1) is 9.88. The molecule has 0 N–H and O–H groups in total. The Balaban J connectivity index is 1.54. The van der Waals surface area contributed by atoms with E-state index in [1.54, 1.807) is 11.1 Å². The van der Waals surface area contributed by atoms with Gasteiger partial charge in [0.1, 0.15) is 0 Å². The van der Waals surface area contributed by atoms with Crippen molar-refractivity contribution in [2.75, 3.05) is 0 Å². The van der Waals surface area contributed by atoms with Crippen LogP contribution in [0.5, 0.6) is 0 Å². The molecule has 0 amide bonds. The van der Waals surface area contributed by atoms with Crippen molar-refractivity contribution in [1.29, 1.82) is 0 Å². The summed E-state index contributed by atoms with van der Waals surface area (Å²) in [5.74, 6) is 2.64. The van der Waals surface area contributed by atoms with Crippen LogP contribution in [0.2, 0.25) is 0 Å². The van der Waals surface area contributed by atoms with Gasteiger partial charge in [-0.1, -0.05) is 54.6 Å². The van der Waals surface area contributed by atoms with Gasteiger partial charge in [-0.2, -0.15) is 0 Å². The second-order valence-electron chi connectivity index (χ2n) is 6.73. The quantitative estimate of drug-likeness (QED) is 0.715. The second kappa shape index (κ2) is 5.09. The molecule has 2 bridgehead atoms. The third-order valence-corrected chi connectivity index (χ3v) is 5.27. The largest absolute Gasteiger partial charge is 0.0622 e. The SMILES string of the molecule is c1ccc(CC2CC3Cc4ccccc4C(C2)C3)cc1. The van der Waals surface area contributed by atoms with E-state index >= 15 is 0 Å². The fourth-order valence-electron chi connectivity index (χ4n) is 4.53. The predicted molar refractivity (Wildman–Crippen MR) is 83.9 cm³/mol. The Morgan fingerprint density at radius 1 is 0.800 bits per heavy atom. The van der Waals surface area contributed by atoms with Gasteiger partial charge in [0.2, 0.25) is 0 Å². The first kappa shape index (κ1) is 12.2. The van der Waals surface area contributed by atoms with Crippen molar-refractivity contribution in [2.45, 2.75) is 38.0 Å². The number of hydrogen-bond acceptors (Lipinski definition) is 0. The minimum atomic E-state index is 0.826. The highest BCUT2D eigenvalue weighted by atomic mass is 14.4. The van der Waals surface area contributed by atoms with Gasteiger partial charge in [0.15, 0.2) is 0 Å². The van der Waals surface area contributed by atoms with E-state index in [-0.39, 0.29) is 0 Å². The summed E-state index contributed by atoms with van der Waals surface area (Å²) in [6, 6.07) is 20.2. The number of rotatable bonds is 2. The van der Waals surface area contributed by atoms with Gasteiger partial charge >= 0.3 is 0 Å². The maximum absolute atomic E-state index is 2.38. The van der Waals surface area contributed by atoms with E-state index in [2.05, 4.69) is 54.6 Å². The fraction of sp³-hybridized carbons (Fsp3) is 0.400. The van der Waals surface area contributed by atoms with Gasteiger partial charge in [-0.3, -0.25) is 0 Å². The third-order valence-electron chi connectivity index (χ3n) is 5.27. The molecule has 20 heavy (non-hydrogen) atoms. The minimum Gasteiger partial charge on any atom is -0.0622 e. The molecule has 4 rings (SSSR count). The van der Waals surface area contributed by atoms with Gasteiger partial charge in [-0.05, 0) is 66.5 Å². The Bertz CT molecular complexity index is 584. The number of hydrogen-bond donors (Lipinski definition) is 0. The van der Waals surface area contributed by atoms with E-state index in [9.17, 15) is 0 Å². The maximum atomic E-state index is 2.38. The predicted octanol–water partition coefficient (Wildman–Crippen LogP) is 4.99. The van der Waals surface area contributed by atoms with Crippen LogP contribution in [0.4, 0.5) is 0 Å². The topological polar surface area (TPSA) is 0 Å². The van der Waals surface area contributed by atoms with Crippen LogP contribution >= 0.6 is 0 Å². The van der Waals surface area contributed by atoms with Crippen molar-refractivity contribution in [3.05, 3.63) is 71.3 Å². The molecule has 0 aromatic heterocycles. The van der Waals surface area contributed by atoms with E-state index in [1.165, 1.54) is 37.7 Å². The molecular formula is C20H22. The van der Waals surface area contributed by atoms with E-state index in [4.69, 9.17) is 0 Å².